The lowest BCUT2D eigenvalue weighted by molar-refractivity contribution is 0.0521. The molecule has 1 aromatic carbocycles. The summed E-state index contributed by atoms with van der Waals surface area (Å²) in [6.07, 6.45) is 0. The third-order valence-electron chi connectivity index (χ3n) is 2.48. The first-order chi connectivity index (χ1) is 9.11. The van der Waals surface area contributed by atoms with Crippen molar-refractivity contribution in [2.24, 2.45) is 0 Å². The van der Waals surface area contributed by atoms with E-state index in [0.717, 1.165) is 11.3 Å². The van der Waals surface area contributed by atoms with Gasteiger partial charge in [-0.05, 0) is 31.5 Å². The number of thiazole rings is 1. The van der Waals surface area contributed by atoms with E-state index in [0.29, 0.717) is 22.3 Å². The number of benzene rings is 1. The average Bonchev–Trinajstić information content (AvgIpc) is 2.82. The Morgan fingerprint density at radius 3 is 3.05 bits per heavy atom. The highest BCUT2D eigenvalue weighted by Gasteiger charge is 2.16. The number of nitrogens with one attached hydrogen (secondary N) is 1. The van der Waals surface area contributed by atoms with Crippen molar-refractivity contribution in [2.45, 2.75) is 13.8 Å². The summed E-state index contributed by atoms with van der Waals surface area (Å²) < 4.78 is 4.96. The third-order valence-corrected chi connectivity index (χ3v) is 3.46. The zero-order valence-electron chi connectivity index (χ0n) is 10.6. The molecule has 0 radical (unpaired) electrons. The minimum absolute atomic E-state index is 0.297. The van der Waals surface area contributed by atoms with Gasteiger partial charge in [-0.25, -0.2) is 9.78 Å². The molecule has 0 amide bonds. The molecule has 1 N–H and O–H groups in total. The maximum atomic E-state index is 11.7. The van der Waals surface area contributed by atoms with Crippen LogP contribution in [0.2, 0.25) is 5.02 Å². The molecule has 1 heterocycles. The zero-order chi connectivity index (χ0) is 13.8. The quantitative estimate of drug-likeness (QED) is 0.866. The van der Waals surface area contributed by atoms with Gasteiger partial charge in [0.15, 0.2) is 5.69 Å². The molecule has 0 saturated carbocycles. The molecule has 100 valence electrons. The minimum Gasteiger partial charge on any atom is -0.461 e. The van der Waals surface area contributed by atoms with Gasteiger partial charge in [0.05, 0.1) is 12.1 Å². The van der Waals surface area contributed by atoms with Crippen LogP contribution in [0.5, 0.6) is 0 Å². The van der Waals surface area contributed by atoms with Crippen molar-refractivity contribution < 1.29 is 9.53 Å². The molecule has 0 bridgehead atoms. The number of esters is 1. The molecule has 0 fully saturated rings. The Kier molecular flexibility index (Phi) is 4.39. The van der Waals surface area contributed by atoms with E-state index in [-0.39, 0.29) is 0 Å². The maximum Gasteiger partial charge on any atom is 0.360 e. The first-order valence-corrected chi connectivity index (χ1v) is 7.01. The van der Waals surface area contributed by atoms with Crippen LogP contribution in [0.4, 0.5) is 10.7 Å². The molecular formula is C13H13ClN2O2S. The van der Waals surface area contributed by atoms with Crippen LogP contribution in [0.3, 0.4) is 0 Å². The highest BCUT2D eigenvalue weighted by Crippen LogP contribution is 2.29. The van der Waals surface area contributed by atoms with Gasteiger partial charge in [0.25, 0.3) is 0 Å². The fourth-order valence-electron chi connectivity index (χ4n) is 1.53. The SMILES string of the molecule is CCOC(=O)c1ncsc1Nc1cc(Cl)ccc1C. The van der Waals surface area contributed by atoms with Crippen LogP contribution >= 0.6 is 22.9 Å². The highest BCUT2D eigenvalue weighted by molar-refractivity contribution is 7.14. The number of hydrogen-bond donors (Lipinski definition) is 1. The van der Waals surface area contributed by atoms with Gasteiger partial charge in [0, 0.05) is 10.7 Å². The van der Waals surface area contributed by atoms with Crippen molar-refractivity contribution >= 4 is 39.6 Å². The van der Waals surface area contributed by atoms with E-state index in [1.807, 2.05) is 25.1 Å². The maximum absolute atomic E-state index is 11.7. The first-order valence-electron chi connectivity index (χ1n) is 5.75. The smallest absolute Gasteiger partial charge is 0.360 e. The van der Waals surface area contributed by atoms with Crippen LogP contribution in [0.25, 0.3) is 0 Å². The summed E-state index contributed by atoms with van der Waals surface area (Å²) in [5.74, 6) is -0.425. The lowest BCUT2D eigenvalue weighted by atomic mass is 10.2. The van der Waals surface area contributed by atoms with Crippen molar-refractivity contribution in [3.63, 3.8) is 0 Å². The van der Waals surface area contributed by atoms with Crippen molar-refractivity contribution in [2.75, 3.05) is 11.9 Å². The van der Waals surface area contributed by atoms with E-state index in [9.17, 15) is 4.79 Å². The molecule has 2 rings (SSSR count). The summed E-state index contributed by atoms with van der Waals surface area (Å²) in [6.45, 7) is 4.05. The van der Waals surface area contributed by atoms with Crippen molar-refractivity contribution in [1.29, 1.82) is 0 Å². The van der Waals surface area contributed by atoms with E-state index >= 15 is 0 Å². The fourth-order valence-corrected chi connectivity index (χ4v) is 2.38. The second-order valence-corrected chi connectivity index (χ2v) is 5.13. The Labute approximate surface area is 120 Å². The zero-order valence-corrected chi connectivity index (χ0v) is 12.1. The molecule has 0 unspecified atom stereocenters. The molecular weight excluding hydrogens is 284 g/mol. The predicted octanol–water partition coefficient (Wildman–Crippen LogP) is 4.03. The van der Waals surface area contributed by atoms with Gasteiger partial charge in [-0.15, -0.1) is 11.3 Å². The molecule has 0 aliphatic rings. The summed E-state index contributed by atoms with van der Waals surface area (Å²) in [6, 6.07) is 5.54. The molecule has 0 aliphatic heterocycles. The van der Waals surface area contributed by atoms with E-state index in [4.69, 9.17) is 16.3 Å². The van der Waals surface area contributed by atoms with Crippen molar-refractivity contribution in [3.8, 4) is 0 Å². The third kappa shape index (κ3) is 3.24. The van der Waals surface area contributed by atoms with E-state index in [1.165, 1.54) is 11.3 Å². The standard InChI is InChI=1S/C13H13ClN2O2S/c1-3-18-13(17)11-12(19-7-15-11)16-10-6-9(14)5-4-8(10)2/h4-7,16H,3H2,1-2H3. The number of rotatable bonds is 4. The summed E-state index contributed by atoms with van der Waals surface area (Å²) in [4.78, 5) is 15.8. The normalized spacial score (nSPS) is 10.3. The predicted molar refractivity (Wildman–Crippen MR) is 77.5 cm³/mol. The van der Waals surface area contributed by atoms with Gasteiger partial charge in [-0.1, -0.05) is 17.7 Å². The van der Waals surface area contributed by atoms with Gasteiger partial charge in [-0.3, -0.25) is 0 Å². The summed E-state index contributed by atoms with van der Waals surface area (Å²) in [7, 11) is 0. The second kappa shape index (κ2) is 6.04. The molecule has 0 aliphatic carbocycles. The number of carbonyl (C=O) groups is 1. The van der Waals surface area contributed by atoms with Crippen LogP contribution in [-0.4, -0.2) is 17.6 Å². The molecule has 0 atom stereocenters. The van der Waals surface area contributed by atoms with Gasteiger partial charge in [0.1, 0.15) is 5.00 Å². The Morgan fingerprint density at radius 1 is 1.53 bits per heavy atom. The summed E-state index contributed by atoms with van der Waals surface area (Å²) >= 11 is 7.31. The van der Waals surface area contributed by atoms with Crippen LogP contribution in [0.15, 0.2) is 23.7 Å². The number of hydrogen-bond acceptors (Lipinski definition) is 5. The molecule has 6 heteroatoms. The first kappa shape index (κ1) is 13.8. The molecule has 19 heavy (non-hydrogen) atoms. The molecule has 0 saturated heterocycles. The van der Waals surface area contributed by atoms with Crippen LogP contribution in [-0.2, 0) is 4.74 Å². The number of aromatic nitrogens is 1. The summed E-state index contributed by atoms with van der Waals surface area (Å²) in [5.41, 5.74) is 3.79. The average molecular weight is 297 g/mol. The van der Waals surface area contributed by atoms with Crippen molar-refractivity contribution in [3.05, 3.63) is 40.0 Å². The van der Waals surface area contributed by atoms with Gasteiger partial charge >= 0.3 is 5.97 Å². The van der Waals surface area contributed by atoms with E-state index in [2.05, 4.69) is 10.3 Å². The minimum atomic E-state index is -0.425. The topological polar surface area (TPSA) is 51.2 Å². The Morgan fingerprint density at radius 2 is 2.32 bits per heavy atom. The van der Waals surface area contributed by atoms with Gasteiger partial charge < -0.3 is 10.1 Å². The molecule has 0 spiro atoms. The monoisotopic (exact) mass is 296 g/mol. The Bertz CT molecular complexity index is 598. The number of halogens is 1. The van der Waals surface area contributed by atoms with Crippen LogP contribution in [0, 0.1) is 6.92 Å². The number of ether oxygens (including phenoxy) is 1. The lowest BCUT2D eigenvalue weighted by Gasteiger charge is -2.09. The number of anilines is 2. The Balaban J connectivity index is 2.26. The van der Waals surface area contributed by atoms with Crippen molar-refractivity contribution in [1.82, 2.24) is 4.98 Å². The van der Waals surface area contributed by atoms with Gasteiger partial charge in [-0.2, -0.15) is 0 Å². The van der Waals surface area contributed by atoms with Crippen LogP contribution < -0.4 is 5.32 Å². The number of aryl methyl sites for hydroxylation is 1. The lowest BCUT2D eigenvalue weighted by Crippen LogP contribution is -2.07. The molecule has 2 aromatic rings. The number of nitrogens with zero attached hydrogens (tertiary/aromatic N) is 1. The van der Waals surface area contributed by atoms with E-state index < -0.39 is 5.97 Å². The highest BCUT2D eigenvalue weighted by atomic mass is 35.5. The number of carbonyl (C=O) groups excluding carboxylic acids is 1. The summed E-state index contributed by atoms with van der Waals surface area (Å²) in [5, 5.41) is 4.46. The molecule has 1 aromatic heterocycles. The largest absolute Gasteiger partial charge is 0.461 e. The van der Waals surface area contributed by atoms with Gasteiger partial charge in [0.2, 0.25) is 0 Å². The van der Waals surface area contributed by atoms with Crippen LogP contribution in [0.1, 0.15) is 23.0 Å². The van der Waals surface area contributed by atoms with E-state index in [1.54, 1.807) is 12.4 Å². The molecule has 4 nitrogen and oxygen atoms in total. The second-order valence-electron chi connectivity index (χ2n) is 3.83. The Hall–Kier alpha value is -1.59. The fraction of sp³-hybridized carbons (Fsp3) is 0.231.